The zero-order valence-corrected chi connectivity index (χ0v) is 18.4. The topological polar surface area (TPSA) is 15.7 Å². The van der Waals surface area contributed by atoms with E-state index in [0.29, 0.717) is 0 Å². The number of benzene rings is 3. The van der Waals surface area contributed by atoms with Crippen LogP contribution in [0.25, 0.3) is 16.8 Å². The normalized spacial score (nSPS) is 15.9. The Morgan fingerprint density at radius 1 is 0.862 bits per heavy atom. The highest BCUT2D eigenvalue weighted by atomic mass is 79.9. The van der Waals surface area contributed by atoms with E-state index in [0.717, 1.165) is 49.5 Å². The van der Waals surface area contributed by atoms with Crippen molar-refractivity contribution < 1.29 is 4.74 Å². The van der Waals surface area contributed by atoms with Crippen LogP contribution in [0.3, 0.4) is 0 Å². The van der Waals surface area contributed by atoms with E-state index in [1.165, 1.54) is 21.9 Å². The van der Waals surface area contributed by atoms with Crippen LogP contribution in [0.4, 0.5) is 0 Å². The molecule has 0 amide bonds. The molecule has 1 aliphatic rings. The maximum atomic E-state index is 5.53. The van der Waals surface area contributed by atoms with Gasteiger partial charge in [-0.3, -0.25) is 9.80 Å². The highest BCUT2D eigenvalue weighted by Gasteiger charge is 2.17. The molecule has 3 aromatic carbocycles. The summed E-state index contributed by atoms with van der Waals surface area (Å²) in [7, 11) is 1.74. The van der Waals surface area contributed by atoms with Crippen LogP contribution < -0.4 is 4.74 Å². The minimum absolute atomic E-state index is 0.950. The summed E-state index contributed by atoms with van der Waals surface area (Å²) in [5.41, 5.74) is 2.61. The third kappa shape index (κ3) is 4.89. The third-order valence-electron chi connectivity index (χ3n) is 5.62. The molecule has 0 saturated carbocycles. The van der Waals surface area contributed by atoms with Gasteiger partial charge >= 0.3 is 0 Å². The number of ether oxygens (including phenoxy) is 1. The van der Waals surface area contributed by atoms with Gasteiger partial charge in [0, 0.05) is 49.1 Å². The summed E-state index contributed by atoms with van der Waals surface area (Å²) in [6.45, 7) is 6.40. The number of halogens is 1. The second-order valence-electron chi connectivity index (χ2n) is 7.47. The molecule has 0 spiro atoms. The maximum Gasteiger partial charge on any atom is 0.126 e. The second-order valence-corrected chi connectivity index (χ2v) is 8.33. The average molecular weight is 451 g/mol. The Morgan fingerprint density at radius 3 is 2.31 bits per heavy atom. The molecular weight excluding hydrogens is 424 g/mol. The molecule has 0 atom stereocenters. The molecule has 1 saturated heterocycles. The first kappa shape index (κ1) is 20.1. The Morgan fingerprint density at radius 2 is 1.55 bits per heavy atom. The fourth-order valence-electron chi connectivity index (χ4n) is 3.96. The molecule has 0 aliphatic carbocycles. The van der Waals surface area contributed by atoms with Crippen LogP contribution >= 0.6 is 15.9 Å². The summed E-state index contributed by atoms with van der Waals surface area (Å²) in [5, 5.41) is 2.49. The van der Waals surface area contributed by atoms with E-state index in [1.807, 2.05) is 6.07 Å². The average Bonchev–Trinajstić information content (AvgIpc) is 2.76. The van der Waals surface area contributed by atoms with Gasteiger partial charge in [-0.25, -0.2) is 0 Å². The third-order valence-corrected chi connectivity index (χ3v) is 6.34. The molecule has 0 unspecified atom stereocenters. The van der Waals surface area contributed by atoms with Gasteiger partial charge in [0.15, 0.2) is 0 Å². The van der Waals surface area contributed by atoms with Crippen molar-refractivity contribution in [2.75, 3.05) is 39.8 Å². The first-order chi connectivity index (χ1) is 14.2. The molecule has 0 radical (unpaired) electrons. The van der Waals surface area contributed by atoms with Crippen molar-refractivity contribution in [3.63, 3.8) is 0 Å². The fourth-order valence-corrected chi connectivity index (χ4v) is 4.38. The molecule has 150 valence electrons. The smallest absolute Gasteiger partial charge is 0.126 e. The largest absolute Gasteiger partial charge is 0.496 e. The van der Waals surface area contributed by atoms with E-state index >= 15 is 0 Å². The number of nitrogens with zero attached hydrogens (tertiary/aromatic N) is 2. The molecule has 0 bridgehead atoms. The molecular formula is C25H27BrN2O. The highest BCUT2D eigenvalue weighted by molar-refractivity contribution is 9.10. The van der Waals surface area contributed by atoms with E-state index in [-0.39, 0.29) is 0 Å². The first-order valence-corrected chi connectivity index (χ1v) is 10.9. The van der Waals surface area contributed by atoms with E-state index in [2.05, 4.69) is 92.5 Å². The summed E-state index contributed by atoms with van der Waals surface area (Å²) >= 11 is 3.61. The number of piperazine rings is 1. The van der Waals surface area contributed by atoms with Gasteiger partial charge in [0.25, 0.3) is 0 Å². The summed E-state index contributed by atoms with van der Waals surface area (Å²) in [6, 6.07) is 21.2. The molecule has 4 heteroatoms. The van der Waals surface area contributed by atoms with Gasteiger partial charge in [0.05, 0.1) is 7.11 Å². The summed E-state index contributed by atoms with van der Waals surface area (Å²) < 4.78 is 6.68. The Hall–Kier alpha value is -2.14. The number of fused-ring (bicyclic) bond motifs is 1. The van der Waals surface area contributed by atoms with Gasteiger partial charge in [-0.15, -0.1) is 0 Å². The quantitative estimate of drug-likeness (QED) is 0.496. The van der Waals surface area contributed by atoms with Crippen LogP contribution in [-0.4, -0.2) is 49.6 Å². The highest BCUT2D eigenvalue weighted by Crippen LogP contribution is 2.29. The van der Waals surface area contributed by atoms with Gasteiger partial charge < -0.3 is 4.74 Å². The van der Waals surface area contributed by atoms with E-state index in [9.17, 15) is 0 Å². The molecule has 1 heterocycles. The lowest BCUT2D eigenvalue weighted by Crippen LogP contribution is -2.45. The lowest BCUT2D eigenvalue weighted by molar-refractivity contribution is 0.137. The number of hydrogen-bond donors (Lipinski definition) is 0. The SMILES string of the molecule is COc1ccc(CN2CCN(CC=Cc3ccccc3Br)CC2)c2ccccc12. The zero-order valence-electron chi connectivity index (χ0n) is 16.9. The van der Waals surface area contributed by atoms with Gasteiger partial charge in [-0.2, -0.15) is 0 Å². The minimum atomic E-state index is 0.950. The second kappa shape index (κ2) is 9.57. The van der Waals surface area contributed by atoms with Crippen LogP contribution in [0, 0.1) is 0 Å². The molecule has 3 nitrogen and oxygen atoms in total. The molecule has 4 rings (SSSR count). The van der Waals surface area contributed by atoms with Crippen molar-refractivity contribution in [1.82, 2.24) is 9.80 Å². The number of rotatable bonds is 6. The van der Waals surface area contributed by atoms with Gasteiger partial charge in [0.2, 0.25) is 0 Å². The molecule has 0 aromatic heterocycles. The monoisotopic (exact) mass is 450 g/mol. The lowest BCUT2D eigenvalue weighted by atomic mass is 10.0. The van der Waals surface area contributed by atoms with Crippen molar-refractivity contribution in [2.45, 2.75) is 6.54 Å². The van der Waals surface area contributed by atoms with Crippen molar-refractivity contribution in [3.8, 4) is 5.75 Å². The number of hydrogen-bond acceptors (Lipinski definition) is 3. The maximum absolute atomic E-state index is 5.53. The van der Waals surface area contributed by atoms with Crippen molar-refractivity contribution in [3.05, 3.63) is 82.3 Å². The molecule has 1 fully saturated rings. The van der Waals surface area contributed by atoms with Crippen molar-refractivity contribution in [2.24, 2.45) is 0 Å². The predicted molar refractivity (Wildman–Crippen MR) is 125 cm³/mol. The van der Waals surface area contributed by atoms with Crippen LogP contribution in [0.2, 0.25) is 0 Å². The van der Waals surface area contributed by atoms with Gasteiger partial charge in [-0.1, -0.05) is 76.6 Å². The predicted octanol–water partition coefficient (Wildman–Crippen LogP) is 5.44. The standard InChI is InChI=1S/C25H27BrN2O/c1-29-25-13-12-21(22-9-3-4-10-23(22)25)19-28-17-15-27(16-18-28)14-6-8-20-7-2-5-11-24(20)26/h2-13H,14-19H2,1H3. The first-order valence-electron chi connectivity index (χ1n) is 10.1. The minimum Gasteiger partial charge on any atom is -0.496 e. The Balaban J connectivity index is 1.34. The van der Waals surface area contributed by atoms with Crippen LogP contribution in [-0.2, 0) is 6.54 Å². The Kier molecular flexibility index (Phi) is 6.65. The molecule has 1 aliphatic heterocycles. The molecule has 0 N–H and O–H groups in total. The van der Waals surface area contributed by atoms with E-state index in [4.69, 9.17) is 4.74 Å². The molecule has 29 heavy (non-hydrogen) atoms. The zero-order chi connectivity index (χ0) is 20.1. The Bertz CT molecular complexity index is 993. The van der Waals surface area contributed by atoms with E-state index in [1.54, 1.807) is 7.11 Å². The Labute approximate surface area is 181 Å². The summed E-state index contributed by atoms with van der Waals surface area (Å²) in [5.74, 6) is 0.950. The van der Waals surface area contributed by atoms with Gasteiger partial charge in [0.1, 0.15) is 5.75 Å². The van der Waals surface area contributed by atoms with Crippen LogP contribution in [0.1, 0.15) is 11.1 Å². The fraction of sp³-hybridized carbons (Fsp3) is 0.280. The summed E-state index contributed by atoms with van der Waals surface area (Å²) in [6.07, 6.45) is 4.48. The van der Waals surface area contributed by atoms with Crippen LogP contribution in [0.15, 0.2) is 71.2 Å². The van der Waals surface area contributed by atoms with Gasteiger partial charge in [-0.05, 0) is 28.6 Å². The number of methoxy groups -OCH3 is 1. The summed E-state index contributed by atoms with van der Waals surface area (Å²) in [4.78, 5) is 5.08. The van der Waals surface area contributed by atoms with Crippen molar-refractivity contribution in [1.29, 1.82) is 0 Å². The van der Waals surface area contributed by atoms with E-state index < -0.39 is 0 Å². The van der Waals surface area contributed by atoms with Crippen LogP contribution in [0.5, 0.6) is 5.75 Å². The van der Waals surface area contributed by atoms with Crippen molar-refractivity contribution >= 4 is 32.8 Å². The lowest BCUT2D eigenvalue weighted by Gasteiger charge is -2.34. The molecule has 3 aromatic rings.